The van der Waals surface area contributed by atoms with Gasteiger partial charge in [-0.2, -0.15) is 0 Å². The van der Waals surface area contributed by atoms with E-state index in [0.717, 1.165) is 5.56 Å². The van der Waals surface area contributed by atoms with Crippen molar-refractivity contribution in [2.45, 2.75) is 32.9 Å². The first kappa shape index (κ1) is 19.7. The van der Waals surface area contributed by atoms with Crippen molar-refractivity contribution in [1.29, 1.82) is 0 Å². The van der Waals surface area contributed by atoms with E-state index < -0.39 is 11.9 Å². The van der Waals surface area contributed by atoms with Crippen molar-refractivity contribution >= 4 is 17.8 Å². The number of carboxylic acid groups (broad SMARTS) is 1. The Balaban J connectivity index is 1.65. The molecule has 1 saturated heterocycles. The van der Waals surface area contributed by atoms with E-state index in [2.05, 4.69) is 0 Å². The average molecular weight is 384 g/mol. The van der Waals surface area contributed by atoms with Gasteiger partial charge in [-0.05, 0) is 25.5 Å². The van der Waals surface area contributed by atoms with Crippen molar-refractivity contribution in [2.75, 3.05) is 13.6 Å². The number of rotatable bonds is 6. The molecule has 28 heavy (non-hydrogen) atoms. The van der Waals surface area contributed by atoms with Gasteiger partial charge in [-0.1, -0.05) is 30.3 Å². The maximum Gasteiger partial charge on any atom is 0.339 e. The Labute approximate surface area is 163 Å². The van der Waals surface area contributed by atoms with E-state index >= 15 is 0 Å². The molecule has 7 nitrogen and oxygen atoms in total. The van der Waals surface area contributed by atoms with Gasteiger partial charge in [0.25, 0.3) is 0 Å². The Hall–Kier alpha value is -3.09. The molecule has 0 radical (unpaired) electrons. The topological polar surface area (TPSA) is 91.1 Å². The first-order chi connectivity index (χ1) is 13.3. The molecule has 0 unspecified atom stereocenters. The third-order valence-corrected chi connectivity index (χ3v) is 5.23. The number of furan rings is 1. The van der Waals surface area contributed by atoms with Crippen molar-refractivity contribution < 1.29 is 23.9 Å². The standard InChI is InChI=1S/C21H24N2O5/c1-13(15-7-5-4-6-8-15)23-11-16(9-19(23)24)20(25)22(3)12-17-10-18(21(26)27)14(2)28-17/h4-8,10,13,16H,9,11-12H2,1-3H3,(H,26,27)/t13-,16+/m0/s1. The fraction of sp³-hybridized carbons (Fsp3) is 0.381. The van der Waals surface area contributed by atoms with Gasteiger partial charge in [-0.25, -0.2) is 4.79 Å². The predicted molar refractivity (Wildman–Crippen MR) is 102 cm³/mol. The fourth-order valence-electron chi connectivity index (χ4n) is 3.64. The summed E-state index contributed by atoms with van der Waals surface area (Å²) in [7, 11) is 1.63. The van der Waals surface area contributed by atoms with Gasteiger partial charge < -0.3 is 19.3 Å². The lowest BCUT2D eigenvalue weighted by atomic mass is 10.1. The molecule has 2 aromatic rings. The van der Waals surface area contributed by atoms with Crippen LogP contribution in [-0.2, 0) is 16.1 Å². The van der Waals surface area contributed by atoms with Crippen LogP contribution in [0.5, 0.6) is 0 Å². The van der Waals surface area contributed by atoms with Crippen LogP contribution in [-0.4, -0.2) is 46.3 Å². The van der Waals surface area contributed by atoms with E-state index in [4.69, 9.17) is 9.52 Å². The largest absolute Gasteiger partial charge is 0.478 e. The highest BCUT2D eigenvalue weighted by Gasteiger charge is 2.38. The quantitative estimate of drug-likeness (QED) is 0.827. The van der Waals surface area contributed by atoms with Crippen molar-refractivity contribution in [3.05, 3.63) is 59.0 Å². The van der Waals surface area contributed by atoms with Gasteiger partial charge >= 0.3 is 5.97 Å². The Kier molecular flexibility index (Phi) is 5.53. The van der Waals surface area contributed by atoms with Crippen LogP contribution in [0.3, 0.4) is 0 Å². The molecule has 3 rings (SSSR count). The summed E-state index contributed by atoms with van der Waals surface area (Å²) in [5.41, 5.74) is 1.12. The Morgan fingerprint density at radius 3 is 2.61 bits per heavy atom. The van der Waals surface area contributed by atoms with E-state index in [0.29, 0.717) is 18.1 Å². The summed E-state index contributed by atoms with van der Waals surface area (Å²) in [5.74, 6) is -0.953. The highest BCUT2D eigenvalue weighted by Crippen LogP contribution is 2.29. The zero-order valence-electron chi connectivity index (χ0n) is 16.2. The van der Waals surface area contributed by atoms with Gasteiger partial charge in [0.05, 0.1) is 18.5 Å². The highest BCUT2D eigenvalue weighted by atomic mass is 16.4. The molecule has 0 aliphatic carbocycles. The number of benzene rings is 1. The van der Waals surface area contributed by atoms with Crippen molar-refractivity contribution in [1.82, 2.24) is 9.80 Å². The van der Waals surface area contributed by atoms with E-state index in [-0.39, 0.29) is 36.4 Å². The smallest absolute Gasteiger partial charge is 0.339 e. The number of carbonyl (C=O) groups is 3. The lowest BCUT2D eigenvalue weighted by molar-refractivity contribution is -0.135. The number of likely N-dealkylation sites (tertiary alicyclic amines) is 1. The monoisotopic (exact) mass is 384 g/mol. The molecule has 1 aliphatic rings. The van der Waals surface area contributed by atoms with Crippen LogP contribution in [0, 0.1) is 12.8 Å². The van der Waals surface area contributed by atoms with E-state index in [1.807, 2.05) is 37.3 Å². The zero-order valence-corrected chi connectivity index (χ0v) is 16.2. The first-order valence-electron chi connectivity index (χ1n) is 9.20. The minimum atomic E-state index is -1.06. The number of carboxylic acids is 1. The summed E-state index contributed by atoms with van der Waals surface area (Å²) >= 11 is 0. The number of hydrogen-bond acceptors (Lipinski definition) is 4. The molecule has 7 heteroatoms. The Morgan fingerprint density at radius 1 is 1.32 bits per heavy atom. The summed E-state index contributed by atoms with van der Waals surface area (Å²) in [6.45, 7) is 4.07. The van der Waals surface area contributed by atoms with Crippen LogP contribution in [0.2, 0.25) is 0 Å². The Bertz CT molecular complexity index is 889. The normalized spacial score (nSPS) is 17.6. The number of nitrogens with zero attached hydrogens (tertiary/aromatic N) is 2. The lowest BCUT2D eigenvalue weighted by Crippen LogP contribution is -2.34. The van der Waals surface area contributed by atoms with Gasteiger partial charge in [0, 0.05) is 20.0 Å². The van der Waals surface area contributed by atoms with Gasteiger partial charge in [0.1, 0.15) is 17.1 Å². The lowest BCUT2D eigenvalue weighted by Gasteiger charge is -2.26. The third kappa shape index (κ3) is 3.93. The van der Waals surface area contributed by atoms with E-state index in [1.54, 1.807) is 18.9 Å². The molecule has 0 bridgehead atoms. The molecule has 1 aliphatic heterocycles. The summed E-state index contributed by atoms with van der Waals surface area (Å²) < 4.78 is 5.45. The molecular weight excluding hydrogens is 360 g/mol. The van der Waals surface area contributed by atoms with Crippen LogP contribution in [0.25, 0.3) is 0 Å². The van der Waals surface area contributed by atoms with Gasteiger partial charge in [0.2, 0.25) is 11.8 Å². The minimum absolute atomic E-state index is 0.0369. The van der Waals surface area contributed by atoms with Gasteiger partial charge in [-0.15, -0.1) is 0 Å². The first-order valence-corrected chi connectivity index (χ1v) is 9.20. The molecule has 2 heterocycles. The number of aromatic carboxylic acids is 1. The molecule has 0 saturated carbocycles. The molecule has 148 valence electrons. The number of amides is 2. The second kappa shape index (κ2) is 7.88. The molecule has 1 N–H and O–H groups in total. The summed E-state index contributed by atoms with van der Waals surface area (Å²) in [4.78, 5) is 39.7. The zero-order chi connectivity index (χ0) is 20.4. The molecular formula is C21H24N2O5. The molecule has 0 spiro atoms. The van der Waals surface area contributed by atoms with Crippen LogP contribution in [0.15, 0.2) is 40.8 Å². The molecule has 2 atom stereocenters. The van der Waals surface area contributed by atoms with Crippen molar-refractivity contribution in [2.24, 2.45) is 5.92 Å². The van der Waals surface area contributed by atoms with Crippen molar-refractivity contribution in [3.63, 3.8) is 0 Å². The van der Waals surface area contributed by atoms with Gasteiger partial charge in [-0.3, -0.25) is 9.59 Å². The SMILES string of the molecule is Cc1oc(CN(C)C(=O)[C@@H]2CC(=O)N([C@@H](C)c3ccccc3)C2)cc1C(=O)O. The second-order valence-electron chi connectivity index (χ2n) is 7.22. The fourth-order valence-corrected chi connectivity index (χ4v) is 3.64. The second-order valence-corrected chi connectivity index (χ2v) is 7.22. The van der Waals surface area contributed by atoms with Gasteiger partial charge in [0.15, 0.2) is 0 Å². The van der Waals surface area contributed by atoms with Crippen LogP contribution in [0.1, 0.15) is 46.8 Å². The van der Waals surface area contributed by atoms with Crippen molar-refractivity contribution in [3.8, 4) is 0 Å². The number of hydrogen-bond donors (Lipinski definition) is 1. The highest BCUT2D eigenvalue weighted by molar-refractivity contribution is 5.90. The Morgan fingerprint density at radius 2 is 2.00 bits per heavy atom. The minimum Gasteiger partial charge on any atom is -0.478 e. The third-order valence-electron chi connectivity index (χ3n) is 5.23. The van der Waals surface area contributed by atoms with Crippen LogP contribution >= 0.6 is 0 Å². The maximum absolute atomic E-state index is 12.8. The average Bonchev–Trinajstić information content (AvgIpc) is 3.23. The summed E-state index contributed by atoms with van der Waals surface area (Å²) in [5, 5.41) is 9.12. The summed E-state index contributed by atoms with van der Waals surface area (Å²) in [6.07, 6.45) is 0.178. The maximum atomic E-state index is 12.8. The molecule has 1 aromatic carbocycles. The number of aryl methyl sites for hydroxylation is 1. The molecule has 1 fully saturated rings. The molecule has 2 amide bonds. The predicted octanol–water partition coefficient (Wildman–Crippen LogP) is 2.85. The molecule has 1 aromatic heterocycles. The summed E-state index contributed by atoms with van der Waals surface area (Å²) in [6, 6.07) is 11.1. The van der Waals surface area contributed by atoms with E-state index in [1.165, 1.54) is 11.0 Å². The number of carbonyl (C=O) groups excluding carboxylic acids is 2. The van der Waals surface area contributed by atoms with Crippen LogP contribution in [0.4, 0.5) is 0 Å². The van der Waals surface area contributed by atoms with Crippen LogP contribution < -0.4 is 0 Å². The van der Waals surface area contributed by atoms with E-state index in [9.17, 15) is 14.4 Å².